The molecule has 1 aromatic carbocycles. The summed E-state index contributed by atoms with van der Waals surface area (Å²) in [7, 11) is 1.98. The number of hydrogen-bond acceptors (Lipinski definition) is 2. The monoisotopic (exact) mass is 207 g/mol. The Hall–Kier alpha value is -1.02. The molecular formula is C13H21NO. The highest BCUT2D eigenvalue weighted by atomic mass is 16.3. The number of hydrogen-bond donors (Lipinski definition) is 2. The zero-order valence-corrected chi connectivity index (χ0v) is 10.0. The quantitative estimate of drug-likeness (QED) is 0.798. The fourth-order valence-electron chi connectivity index (χ4n) is 1.76. The first-order valence-electron chi connectivity index (χ1n) is 5.38. The van der Waals surface area contributed by atoms with Crippen LogP contribution in [0, 0.1) is 5.41 Å². The van der Waals surface area contributed by atoms with E-state index < -0.39 is 0 Å². The van der Waals surface area contributed by atoms with Crippen LogP contribution in [0.5, 0.6) is 5.75 Å². The van der Waals surface area contributed by atoms with Crippen molar-refractivity contribution in [2.45, 2.75) is 33.2 Å². The lowest BCUT2D eigenvalue weighted by Crippen LogP contribution is -2.39. The number of benzene rings is 1. The molecule has 0 radical (unpaired) electrons. The second-order valence-corrected chi connectivity index (χ2v) is 5.08. The molecule has 0 aliphatic heterocycles. The van der Waals surface area contributed by atoms with Crippen molar-refractivity contribution >= 4 is 0 Å². The number of nitrogens with one attached hydrogen (secondary N) is 1. The summed E-state index contributed by atoms with van der Waals surface area (Å²) >= 11 is 0. The number of likely N-dealkylation sites (N-methyl/N-ethyl adjacent to an activating group) is 1. The highest BCUT2D eigenvalue weighted by Crippen LogP contribution is 2.23. The first-order valence-corrected chi connectivity index (χ1v) is 5.38. The number of aromatic hydroxyl groups is 1. The smallest absolute Gasteiger partial charge is 0.115 e. The summed E-state index contributed by atoms with van der Waals surface area (Å²) in [6.45, 7) is 6.66. The third-order valence-corrected chi connectivity index (χ3v) is 2.74. The minimum Gasteiger partial charge on any atom is -0.508 e. The average Bonchev–Trinajstić information content (AvgIpc) is 2.12. The van der Waals surface area contributed by atoms with Gasteiger partial charge in [-0.2, -0.15) is 0 Å². The molecule has 2 heteroatoms. The van der Waals surface area contributed by atoms with E-state index in [1.807, 2.05) is 19.2 Å². The third kappa shape index (κ3) is 3.56. The van der Waals surface area contributed by atoms with Crippen LogP contribution in [0.15, 0.2) is 24.3 Å². The molecule has 1 rings (SSSR count). The molecule has 0 spiro atoms. The lowest BCUT2D eigenvalue weighted by molar-refractivity contribution is 0.279. The molecule has 0 saturated heterocycles. The molecule has 0 aliphatic carbocycles. The fraction of sp³-hybridized carbons (Fsp3) is 0.538. The summed E-state index contributed by atoms with van der Waals surface area (Å²) < 4.78 is 0. The number of phenolic OH excluding ortho intramolecular Hbond substituents is 1. The van der Waals surface area contributed by atoms with E-state index >= 15 is 0 Å². The highest BCUT2D eigenvalue weighted by Gasteiger charge is 2.22. The van der Waals surface area contributed by atoms with Gasteiger partial charge in [0, 0.05) is 6.04 Å². The van der Waals surface area contributed by atoms with Gasteiger partial charge < -0.3 is 10.4 Å². The van der Waals surface area contributed by atoms with Gasteiger partial charge in [0.25, 0.3) is 0 Å². The zero-order valence-electron chi connectivity index (χ0n) is 10.0. The molecule has 0 amide bonds. The number of phenols is 1. The topological polar surface area (TPSA) is 32.3 Å². The van der Waals surface area contributed by atoms with E-state index in [-0.39, 0.29) is 5.41 Å². The first kappa shape index (κ1) is 12.1. The molecule has 2 nitrogen and oxygen atoms in total. The summed E-state index contributed by atoms with van der Waals surface area (Å²) in [6, 6.07) is 7.89. The normalized spacial score (nSPS) is 13.9. The van der Waals surface area contributed by atoms with Gasteiger partial charge in [0.15, 0.2) is 0 Å². The summed E-state index contributed by atoms with van der Waals surface area (Å²) in [4.78, 5) is 0. The van der Waals surface area contributed by atoms with Crippen molar-refractivity contribution in [2.75, 3.05) is 7.05 Å². The summed E-state index contributed by atoms with van der Waals surface area (Å²) in [6.07, 6.45) is 0.939. The van der Waals surface area contributed by atoms with Gasteiger partial charge >= 0.3 is 0 Å². The van der Waals surface area contributed by atoms with Gasteiger partial charge in [-0.25, -0.2) is 0 Å². The van der Waals surface area contributed by atoms with Gasteiger partial charge in [0.05, 0.1) is 0 Å². The number of rotatable bonds is 3. The van der Waals surface area contributed by atoms with Crippen LogP contribution in [-0.2, 0) is 6.42 Å². The van der Waals surface area contributed by atoms with E-state index in [1.54, 1.807) is 6.07 Å². The Morgan fingerprint density at radius 2 is 2.00 bits per heavy atom. The highest BCUT2D eigenvalue weighted by molar-refractivity contribution is 5.27. The van der Waals surface area contributed by atoms with E-state index in [4.69, 9.17) is 0 Å². The Morgan fingerprint density at radius 3 is 2.47 bits per heavy atom. The third-order valence-electron chi connectivity index (χ3n) is 2.74. The molecule has 0 bridgehead atoms. The van der Waals surface area contributed by atoms with E-state index in [2.05, 4.69) is 32.2 Å². The maximum absolute atomic E-state index is 9.38. The minimum atomic E-state index is 0.222. The second kappa shape index (κ2) is 4.67. The lowest BCUT2D eigenvalue weighted by Gasteiger charge is -2.30. The standard InChI is InChI=1S/C13H21NO/c1-13(2,3)12(14-4)9-10-6-5-7-11(15)8-10/h5-8,12,14-15H,9H2,1-4H3. The Kier molecular flexibility index (Phi) is 3.75. The van der Waals surface area contributed by atoms with Gasteiger partial charge in [0.2, 0.25) is 0 Å². The largest absolute Gasteiger partial charge is 0.508 e. The molecular weight excluding hydrogens is 186 g/mol. The van der Waals surface area contributed by atoms with E-state index in [1.165, 1.54) is 5.56 Å². The van der Waals surface area contributed by atoms with Crippen molar-refractivity contribution in [1.82, 2.24) is 5.32 Å². The fourth-order valence-corrected chi connectivity index (χ4v) is 1.76. The van der Waals surface area contributed by atoms with Gasteiger partial charge in [0.1, 0.15) is 5.75 Å². The van der Waals surface area contributed by atoms with Crippen molar-refractivity contribution in [2.24, 2.45) is 5.41 Å². The second-order valence-electron chi connectivity index (χ2n) is 5.08. The van der Waals surface area contributed by atoms with E-state index in [9.17, 15) is 5.11 Å². The Morgan fingerprint density at radius 1 is 1.33 bits per heavy atom. The molecule has 0 aromatic heterocycles. The first-order chi connectivity index (χ1) is 6.93. The molecule has 0 fully saturated rings. The van der Waals surface area contributed by atoms with Crippen LogP contribution in [0.2, 0.25) is 0 Å². The maximum Gasteiger partial charge on any atom is 0.115 e. The molecule has 0 saturated carbocycles. The van der Waals surface area contributed by atoms with Crippen LogP contribution in [0.4, 0.5) is 0 Å². The molecule has 1 unspecified atom stereocenters. The summed E-state index contributed by atoms with van der Waals surface area (Å²) in [5, 5.41) is 12.7. The average molecular weight is 207 g/mol. The maximum atomic E-state index is 9.38. The van der Waals surface area contributed by atoms with Crippen molar-refractivity contribution < 1.29 is 5.11 Å². The molecule has 1 atom stereocenters. The van der Waals surface area contributed by atoms with Crippen LogP contribution >= 0.6 is 0 Å². The van der Waals surface area contributed by atoms with Crippen molar-refractivity contribution in [3.8, 4) is 5.75 Å². The summed E-state index contributed by atoms with van der Waals surface area (Å²) in [5.74, 6) is 0.344. The van der Waals surface area contributed by atoms with Crippen molar-refractivity contribution in [3.05, 3.63) is 29.8 Å². The molecule has 2 N–H and O–H groups in total. The molecule has 15 heavy (non-hydrogen) atoms. The van der Waals surface area contributed by atoms with Crippen LogP contribution in [0.3, 0.4) is 0 Å². The Bertz CT molecular complexity index is 315. The SMILES string of the molecule is CNC(Cc1cccc(O)c1)C(C)(C)C. The van der Waals surface area contributed by atoms with Crippen LogP contribution < -0.4 is 5.32 Å². The van der Waals surface area contributed by atoms with Crippen LogP contribution in [0.25, 0.3) is 0 Å². The lowest BCUT2D eigenvalue weighted by atomic mass is 9.83. The predicted molar refractivity (Wildman–Crippen MR) is 64.1 cm³/mol. The minimum absolute atomic E-state index is 0.222. The molecule has 1 aromatic rings. The van der Waals surface area contributed by atoms with Crippen LogP contribution in [-0.4, -0.2) is 18.2 Å². The molecule has 84 valence electrons. The van der Waals surface area contributed by atoms with Gasteiger partial charge in [-0.1, -0.05) is 32.9 Å². The Labute approximate surface area is 92.3 Å². The van der Waals surface area contributed by atoms with Gasteiger partial charge in [-0.05, 0) is 36.6 Å². The Balaban J connectivity index is 2.76. The van der Waals surface area contributed by atoms with E-state index in [0.717, 1.165) is 6.42 Å². The van der Waals surface area contributed by atoms with Gasteiger partial charge in [-0.3, -0.25) is 0 Å². The van der Waals surface area contributed by atoms with Crippen molar-refractivity contribution in [1.29, 1.82) is 0 Å². The molecule has 0 aliphatic rings. The predicted octanol–water partition coefficient (Wildman–Crippen LogP) is 2.57. The van der Waals surface area contributed by atoms with Gasteiger partial charge in [-0.15, -0.1) is 0 Å². The molecule has 0 heterocycles. The summed E-state index contributed by atoms with van der Waals surface area (Å²) in [5.41, 5.74) is 1.39. The van der Waals surface area contributed by atoms with Crippen molar-refractivity contribution in [3.63, 3.8) is 0 Å². The van der Waals surface area contributed by atoms with E-state index in [0.29, 0.717) is 11.8 Å². The zero-order chi connectivity index (χ0) is 11.5. The van der Waals surface area contributed by atoms with Crippen LogP contribution in [0.1, 0.15) is 26.3 Å².